The Balaban J connectivity index is 2.75. The first-order valence-electron chi connectivity index (χ1n) is 5.44. The average molecular weight is 271 g/mol. The summed E-state index contributed by atoms with van der Waals surface area (Å²) in [6, 6.07) is 4.73. The maximum Gasteiger partial charge on any atom is 0.240 e. The van der Waals surface area contributed by atoms with Gasteiger partial charge in [-0.1, -0.05) is 6.07 Å². The minimum Gasteiger partial charge on any atom is -0.398 e. The minimum absolute atomic E-state index is 0.135. The van der Waals surface area contributed by atoms with Crippen LogP contribution in [0.5, 0.6) is 0 Å². The lowest BCUT2D eigenvalue weighted by atomic mass is 10.2. The van der Waals surface area contributed by atoms with Gasteiger partial charge in [-0.05, 0) is 24.6 Å². The number of carbonyl (C=O) groups is 1. The normalized spacial score (nSPS) is 11.2. The lowest BCUT2D eigenvalue weighted by Gasteiger charge is -2.10. The van der Waals surface area contributed by atoms with E-state index in [0.29, 0.717) is 11.3 Å². The van der Waals surface area contributed by atoms with Gasteiger partial charge in [0.1, 0.15) is 0 Å². The molecule has 0 aromatic heterocycles. The molecule has 0 radical (unpaired) electrons. The van der Waals surface area contributed by atoms with Crippen LogP contribution in [0.15, 0.2) is 23.1 Å². The first kappa shape index (κ1) is 14.5. The third-order valence-corrected chi connectivity index (χ3v) is 4.01. The van der Waals surface area contributed by atoms with E-state index in [1.807, 2.05) is 0 Å². The van der Waals surface area contributed by atoms with Crippen molar-refractivity contribution in [1.29, 1.82) is 0 Å². The molecule has 0 atom stereocenters. The summed E-state index contributed by atoms with van der Waals surface area (Å²) in [6.45, 7) is 3.40. The number of carbonyl (C=O) groups excluding carboxylic acids is 1. The Morgan fingerprint density at radius 1 is 1.33 bits per heavy atom. The largest absolute Gasteiger partial charge is 0.398 e. The first-order valence-corrected chi connectivity index (χ1v) is 6.92. The summed E-state index contributed by atoms with van der Waals surface area (Å²) >= 11 is 0. The first-order chi connectivity index (χ1) is 8.34. The number of sulfonamides is 1. The number of nitrogen functional groups attached to an aromatic ring is 1. The lowest BCUT2D eigenvalue weighted by Crippen LogP contribution is -2.34. The maximum absolute atomic E-state index is 12.0. The van der Waals surface area contributed by atoms with Gasteiger partial charge in [0, 0.05) is 25.7 Å². The molecule has 6 nitrogen and oxygen atoms in total. The Labute approximate surface area is 107 Å². The molecule has 0 aliphatic heterocycles. The number of rotatable bonds is 5. The van der Waals surface area contributed by atoms with Crippen molar-refractivity contribution in [2.45, 2.75) is 18.7 Å². The Morgan fingerprint density at radius 3 is 2.61 bits per heavy atom. The molecule has 4 N–H and O–H groups in total. The molecule has 0 heterocycles. The van der Waals surface area contributed by atoms with E-state index in [9.17, 15) is 13.2 Å². The molecule has 1 aromatic rings. The van der Waals surface area contributed by atoms with Crippen LogP contribution in [0.4, 0.5) is 5.69 Å². The molecule has 1 amide bonds. The Kier molecular flexibility index (Phi) is 4.69. The van der Waals surface area contributed by atoms with Crippen molar-refractivity contribution in [3.8, 4) is 0 Å². The van der Waals surface area contributed by atoms with E-state index in [1.165, 1.54) is 13.0 Å². The smallest absolute Gasteiger partial charge is 0.240 e. The molecular formula is C11H17N3O3S. The molecule has 0 saturated carbocycles. The van der Waals surface area contributed by atoms with E-state index in [1.54, 1.807) is 19.1 Å². The van der Waals surface area contributed by atoms with Crippen molar-refractivity contribution in [1.82, 2.24) is 10.0 Å². The number of anilines is 1. The highest BCUT2D eigenvalue weighted by atomic mass is 32.2. The van der Waals surface area contributed by atoms with E-state index >= 15 is 0 Å². The Bertz CT molecular complexity index is 540. The van der Waals surface area contributed by atoms with Crippen LogP contribution in [0.1, 0.15) is 12.5 Å². The van der Waals surface area contributed by atoms with Crippen LogP contribution in [0, 0.1) is 6.92 Å². The highest BCUT2D eigenvalue weighted by Gasteiger charge is 2.16. The highest BCUT2D eigenvalue weighted by Crippen LogP contribution is 2.19. The van der Waals surface area contributed by atoms with Gasteiger partial charge in [-0.15, -0.1) is 0 Å². The monoisotopic (exact) mass is 271 g/mol. The van der Waals surface area contributed by atoms with E-state index in [4.69, 9.17) is 5.73 Å². The molecular weight excluding hydrogens is 254 g/mol. The Morgan fingerprint density at radius 2 is 2.00 bits per heavy atom. The number of benzene rings is 1. The van der Waals surface area contributed by atoms with Crippen LogP contribution in [-0.4, -0.2) is 27.4 Å². The third-order valence-electron chi connectivity index (χ3n) is 2.41. The highest BCUT2D eigenvalue weighted by molar-refractivity contribution is 7.89. The predicted molar refractivity (Wildman–Crippen MR) is 69.5 cm³/mol. The fourth-order valence-corrected chi connectivity index (χ4v) is 2.73. The summed E-state index contributed by atoms with van der Waals surface area (Å²) in [5.74, 6) is -0.200. The summed E-state index contributed by atoms with van der Waals surface area (Å²) in [6.07, 6.45) is 0. The average Bonchev–Trinajstić information content (AvgIpc) is 2.28. The fraction of sp³-hybridized carbons (Fsp3) is 0.364. The number of amides is 1. The van der Waals surface area contributed by atoms with Crippen LogP contribution >= 0.6 is 0 Å². The summed E-state index contributed by atoms with van der Waals surface area (Å²) in [7, 11) is -3.59. The fourth-order valence-electron chi connectivity index (χ4n) is 1.42. The molecule has 0 bridgehead atoms. The molecule has 1 rings (SSSR count). The zero-order valence-corrected chi connectivity index (χ0v) is 11.2. The van der Waals surface area contributed by atoms with Crippen molar-refractivity contribution < 1.29 is 13.2 Å². The van der Waals surface area contributed by atoms with E-state index < -0.39 is 10.0 Å². The van der Waals surface area contributed by atoms with Crippen molar-refractivity contribution in [3.63, 3.8) is 0 Å². The number of nitrogens with two attached hydrogens (primary N) is 1. The quantitative estimate of drug-likeness (QED) is 0.518. The predicted octanol–water partition coefficient (Wildman–Crippen LogP) is -0.00838. The summed E-state index contributed by atoms with van der Waals surface area (Å²) in [5, 5.41) is 2.50. The van der Waals surface area contributed by atoms with Crippen LogP contribution < -0.4 is 15.8 Å². The minimum atomic E-state index is -3.59. The van der Waals surface area contributed by atoms with Crippen molar-refractivity contribution in [2.75, 3.05) is 18.8 Å². The van der Waals surface area contributed by atoms with Crippen molar-refractivity contribution >= 4 is 21.6 Å². The maximum atomic E-state index is 12.0. The summed E-state index contributed by atoms with van der Waals surface area (Å²) in [5.41, 5.74) is 6.61. The van der Waals surface area contributed by atoms with Gasteiger partial charge in [-0.3, -0.25) is 4.79 Å². The SMILES string of the molecule is CC(=O)NCCNS(=O)(=O)c1cccc(N)c1C. The van der Waals surface area contributed by atoms with Gasteiger partial charge < -0.3 is 11.1 Å². The molecule has 100 valence electrons. The topological polar surface area (TPSA) is 101 Å². The van der Waals surface area contributed by atoms with Crippen LogP contribution in [0.2, 0.25) is 0 Å². The molecule has 0 unspecified atom stereocenters. The van der Waals surface area contributed by atoms with Gasteiger partial charge in [0.15, 0.2) is 0 Å². The van der Waals surface area contributed by atoms with Crippen LogP contribution in [-0.2, 0) is 14.8 Å². The van der Waals surface area contributed by atoms with Gasteiger partial charge in [-0.2, -0.15) is 0 Å². The van der Waals surface area contributed by atoms with E-state index in [0.717, 1.165) is 0 Å². The van der Waals surface area contributed by atoms with Crippen molar-refractivity contribution in [3.05, 3.63) is 23.8 Å². The zero-order valence-electron chi connectivity index (χ0n) is 10.4. The van der Waals surface area contributed by atoms with Crippen LogP contribution in [0.25, 0.3) is 0 Å². The van der Waals surface area contributed by atoms with Gasteiger partial charge in [-0.25, -0.2) is 13.1 Å². The summed E-state index contributed by atoms with van der Waals surface area (Å²) < 4.78 is 26.3. The molecule has 0 fully saturated rings. The molecule has 7 heteroatoms. The van der Waals surface area contributed by atoms with Gasteiger partial charge in [0.05, 0.1) is 4.90 Å². The van der Waals surface area contributed by atoms with Crippen LogP contribution in [0.3, 0.4) is 0 Å². The molecule has 0 saturated heterocycles. The Hall–Kier alpha value is -1.60. The lowest BCUT2D eigenvalue weighted by molar-refractivity contribution is -0.118. The summed E-state index contributed by atoms with van der Waals surface area (Å²) in [4.78, 5) is 10.8. The number of hydrogen-bond acceptors (Lipinski definition) is 4. The molecule has 18 heavy (non-hydrogen) atoms. The number of nitrogens with one attached hydrogen (secondary N) is 2. The molecule has 0 spiro atoms. The second kappa shape index (κ2) is 5.83. The van der Waals surface area contributed by atoms with Gasteiger partial charge in [0.2, 0.25) is 15.9 Å². The molecule has 0 aliphatic rings. The third kappa shape index (κ3) is 3.71. The molecule has 1 aromatic carbocycles. The van der Waals surface area contributed by atoms with E-state index in [2.05, 4.69) is 10.0 Å². The van der Waals surface area contributed by atoms with Crippen molar-refractivity contribution in [2.24, 2.45) is 0 Å². The zero-order chi connectivity index (χ0) is 13.8. The van der Waals surface area contributed by atoms with Gasteiger partial charge in [0.25, 0.3) is 0 Å². The number of hydrogen-bond donors (Lipinski definition) is 3. The molecule has 0 aliphatic carbocycles. The van der Waals surface area contributed by atoms with E-state index in [-0.39, 0.29) is 23.9 Å². The second-order valence-electron chi connectivity index (χ2n) is 3.85. The van der Waals surface area contributed by atoms with Gasteiger partial charge >= 0.3 is 0 Å². The standard InChI is InChI=1S/C11H17N3O3S/c1-8-10(12)4-3-5-11(8)18(16,17)14-7-6-13-9(2)15/h3-5,14H,6-7,12H2,1-2H3,(H,13,15). The second-order valence-corrected chi connectivity index (χ2v) is 5.59.